The number of hydrogen-bond acceptors (Lipinski definition) is 3. The molecule has 0 unspecified atom stereocenters. The second kappa shape index (κ2) is 7.31. The van der Waals surface area contributed by atoms with Crippen LogP contribution >= 0.6 is 0 Å². The van der Waals surface area contributed by atoms with Crippen LogP contribution in [0, 0.1) is 5.82 Å². The topological polar surface area (TPSA) is 46.6 Å². The van der Waals surface area contributed by atoms with Crippen LogP contribution < -0.4 is 0 Å². The number of ether oxygens (including phenoxy) is 1. The SMILES string of the molecule is CCN(CC(=O)OC)C(=O)C=Cc1ccccc1F. The van der Waals surface area contributed by atoms with Crippen LogP contribution in [0.3, 0.4) is 0 Å². The number of carbonyl (C=O) groups excluding carboxylic acids is 2. The van der Waals surface area contributed by atoms with Crippen molar-refractivity contribution in [3.05, 3.63) is 41.7 Å². The van der Waals surface area contributed by atoms with Crippen molar-refractivity contribution in [3.8, 4) is 0 Å². The molecule has 0 aromatic heterocycles. The molecule has 0 aliphatic rings. The van der Waals surface area contributed by atoms with Gasteiger partial charge in [-0.3, -0.25) is 9.59 Å². The fourth-order valence-electron chi connectivity index (χ4n) is 1.44. The highest BCUT2D eigenvalue weighted by Gasteiger charge is 2.13. The van der Waals surface area contributed by atoms with Gasteiger partial charge in [-0.05, 0) is 19.1 Å². The summed E-state index contributed by atoms with van der Waals surface area (Å²) in [6, 6.07) is 6.13. The molecule has 1 rings (SSSR count). The molecule has 102 valence electrons. The Morgan fingerprint density at radius 3 is 2.63 bits per heavy atom. The first kappa shape index (κ1) is 14.9. The largest absolute Gasteiger partial charge is 0.468 e. The van der Waals surface area contributed by atoms with Gasteiger partial charge in [0.15, 0.2) is 0 Å². The van der Waals surface area contributed by atoms with E-state index in [2.05, 4.69) is 4.74 Å². The minimum absolute atomic E-state index is 0.118. The molecule has 0 aliphatic heterocycles. The zero-order valence-electron chi connectivity index (χ0n) is 10.9. The minimum atomic E-state index is -0.491. The summed E-state index contributed by atoms with van der Waals surface area (Å²) >= 11 is 0. The molecule has 0 bridgehead atoms. The summed E-state index contributed by atoms with van der Waals surface area (Å²) in [5.74, 6) is -1.26. The highest BCUT2D eigenvalue weighted by molar-refractivity contribution is 5.93. The summed E-state index contributed by atoms with van der Waals surface area (Å²) in [6.45, 7) is 2.00. The van der Waals surface area contributed by atoms with E-state index in [1.165, 1.54) is 30.2 Å². The molecule has 1 amide bonds. The van der Waals surface area contributed by atoms with Gasteiger partial charge in [0.25, 0.3) is 0 Å². The number of nitrogens with zero attached hydrogens (tertiary/aromatic N) is 1. The fourth-order valence-corrected chi connectivity index (χ4v) is 1.44. The third-order valence-corrected chi connectivity index (χ3v) is 2.55. The van der Waals surface area contributed by atoms with Gasteiger partial charge in [-0.1, -0.05) is 18.2 Å². The Morgan fingerprint density at radius 1 is 1.37 bits per heavy atom. The zero-order chi connectivity index (χ0) is 14.3. The first-order chi connectivity index (χ1) is 9.08. The molecule has 0 saturated carbocycles. The van der Waals surface area contributed by atoms with Crippen LogP contribution in [0.5, 0.6) is 0 Å². The third-order valence-electron chi connectivity index (χ3n) is 2.55. The summed E-state index contributed by atoms with van der Waals surface area (Å²) in [5, 5.41) is 0. The Kier molecular flexibility index (Phi) is 5.73. The first-order valence-corrected chi connectivity index (χ1v) is 5.86. The number of rotatable bonds is 5. The molecule has 0 heterocycles. The maximum atomic E-state index is 13.3. The average Bonchev–Trinajstić information content (AvgIpc) is 2.43. The Balaban J connectivity index is 2.72. The Bertz CT molecular complexity index is 485. The third kappa shape index (κ3) is 4.54. The van der Waals surface area contributed by atoms with Crippen molar-refractivity contribution in [1.29, 1.82) is 0 Å². The Hall–Kier alpha value is -2.17. The van der Waals surface area contributed by atoms with Gasteiger partial charge in [0, 0.05) is 18.2 Å². The number of methoxy groups -OCH3 is 1. The van der Waals surface area contributed by atoms with E-state index in [-0.39, 0.29) is 12.5 Å². The van der Waals surface area contributed by atoms with Crippen molar-refractivity contribution >= 4 is 18.0 Å². The zero-order valence-corrected chi connectivity index (χ0v) is 10.9. The standard InChI is InChI=1S/C14H16FNO3/c1-3-16(10-14(18)19-2)13(17)9-8-11-6-4-5-7-12(11)15/h4-9H,3,10H2,1-2H3. The van der Waals surface area contributed by atoms with Crippen LogP contribution in [-0.2, 0) is 14.3 Å². The second-order valence-corrected chi connectivity index (χ2v) is 3.78. The van der Waals surface area contributed by atoms with Gasteiger partial charge in [-0.25, -0.2) is 4.39 Å². The van der Waals surface area contributed by atoms with E-state index in [0.29, 0.717) is 12.1 Å². The molecule has 0 N–H and O–H groups in total. The molecule has 0 saturated heterocycles. The predicted octanol–water partition coefficient (Wildman–Crippen LogP) is 1.86. The van der Waals surface area contributed by atoms with E-state index in [0.717, 1.165) is 0 Å². The van der Waals surface area contributed by atoms with Gasteiger partial charge in [0.05, 0.1) is 7.11 Å². The average molecular weight is 265 g/mol. The lowest BCUT2D eigenvalue weighted by atomic mass is 10.2. The van der Waals surface area contributed by atoms with Gasteiger partial charge in [-0.2, -0.15) is 0 Å². The number of esters is 1. The van der Waals surface area contributed by atoms with Gasteiger partial charge >= 0.3 is 5.97 Å². The lowest BCUT2D eigenvalue weighted by Gasteiger charge is -2.17. The van der Waals surface area contributed by atoms with Crippen molar-refractivity contribution < 1.29 is 18.7 Å². The molecule has 5 heteroatoms. The molecule has 0 fully saturated rings. The molecule has 0 spiro atoms. The monoisotopic (exact) mass is 265 g/mol. The van der Waals surface area contributed by atoms with E-state index >= 15 is 0 Å². The molecule has 0 aliphatic carbocycles. The van der Waals surface area contributed by atoms with Crippen LogP contribution in [0.1, 0.15) is 12.5 Å². The highest BCUT2D eigenvalue weighted by Crippen LogP contribution is 2.08. The van der Waals surface area contributed by atoms with Crippen LogP contribution in [0.4, 0.5) is 4.39 Å². The van der Waals surface area contributed by atoms with E-state index in [1.54, 1.807) is 25.1 Å². The van der Waals surface area contributed by atoms with Crippen molar-refractivity contribution in [3.63, 3.8) is 0 Å². The smallest absolute Gasteiger partial charge is 0.325 e. The summed E-state index contributed by atoms with van der Waals surface area (Å²) in [7, 11) is 1.26. The summed E-state index contributed by atoms with van der Waals surface area (Å²) < 4.78 is 17.8. The fraction of sp³-hybridized carbons (Fsp3) is 0.286. The van der Waals surface area contributed by atoms with Gasteiger partial charge < -0.3 is 9.64 Å². The number of halogens is 1. The van der Waals surface area contributed by atoms with Crippen LogP contribution in [0.2, 0.25) is 0 Å². The van der Waals surface area contributed by atoms with Gasteiger partial charge in [0.1, 0.15) is 12.4 Å². The molecule has 4 nitrogen and oxygen atoms in total. The summed E-state index contributed by atoms with van der Waals surface area (Å²) in [5.41, 5.74) is 0.324. The van der Waals surface area contributed by atoms with Crippen LogP contribution in [0.15, 0.2) is 30.3 Å². The van der Waals surface area contributed by atoms with E-state index in [4.69, 9.17) is 0 Å². The number of benzene rings is 1. The molecule has 0 atom stereocenters. The Morgan fingerprint density at radius 2 is 2.05 bits per heavy atom. The first-order valence-electron chi connectivity index (χ1n) is 5.86. The lowest BCUT2D eigenvalue weighted by molar-refractivity contribution is -0.145. The molecule has 1 aromatic carbocycles. The normalized spacial score (nSPS) is 10.5. The van der Waals surface area contributed by atoms with Crippen LogP contribution in [0.25, 0.3) is 6.08 Å². The number of likely N-dealkylation sites (N-methyl/N-ethyl adjacent to an activating group) is 1. The number of carbonyl (C=O) groups is 2. The maximum absolute atomic E-state index is 13.3. The molecule has 0 radical (unpaired) electrons. The molecular weight excluding hydrogens is 249 g/mol. The molecular formula is C14H16FNO3. The number of hydrogen-bond donors (Lipinski definition) is 0. The van der Waals surface area contributed by atoms with E-state index in [9.17, 15) is 14.0 Å². The maximum Gasteiger partial charge on any atom is 0.325 e. The Labute approximate surface area is 111 Å². The van der Waals surface area contributed by atoms with Crippen molar-refractivity contribution in [2.24, 2.45) is 0 Å². The van der Waals surface area contributed by atoms with Gasteiger partial charge in [0.2, 0.25) is 5.91 Å². The molecule has 1 aromatic rings. The van der Waals surface area contributed by atoms with Gasteiger partial charge in [-0.15, -0.1) is 0 Å². The van der Waals surface area contributed by atoms with Crippen molar-refractivity contribution in [2.75, 3.05) is 20.2 Å². The quantitative estimate of drug-likeness (QED) is 0.603. The second-order valence-electron chi connectivity index (χ2n) is 3.78. The highest BCUT2D eigenvalue weighted by atomic mass is 19.1. The summed E-state index contributed by atoms with van der Waals surface area (Å²) in [6.07, 6.45) is 2.63. The number of amides is 1. The lowest BCUT2D eigenvalue weighted by Crippen LogP contribution is -2.34. The van der Waals surface area contributed by atoms with Crippen molar-refractivity contribution in [2.45, 2.75) is 6.92 Å². The predicted molar refractivity (Wildman–Crippen MR) is 69.7 cm³/mol. The van der Waals surface area contributed by atoms with Crippen LogP contribution in [-0.4, -0.2) is 37.0 Å². The minimum Gasteiger partial charge on any atom is -0.468 e. The van der Waals surface area contributed by atoms with Crippen molar-refractivity contribution in [1.82, 2.24) is 4.90 Å². The van der Waals surface area contributed by atoms with E-state index in [1.807, 2.05) is 0 Å². The summed E-state index contributed by atoms with van der Waals surface area (Å²) in [4.78, 5) is 24.2. The molecule has 19 heavy (non-hydrogen) atoms. The van der Waals surface area contributed by atoms with E-state index < -0.39 is 11.8 Å².